The van der Waals surface area contributed by atoms with Crippen molar-refractivity contribution in [3.63, 3.8) is 0 Å². The number of allylic oxidation sites excluding steroid dienone is 3. The van der Waals surface area contributed by atoms with Crippen molar-refractivity contribution in [1.29, 1.82) is 0 Å². The molecule has 3 nitrogen and oxygen atoms in total. The van der Waals surface area contributed by atoms with Crippen molar-refractivity contribution in [2.45, 2.75) is 19.8 Å². The van der Waals surface area contributed by atoms with E-state index in [9.17, 15) is 9.59 Å². The average molecular weight is 329 g/mol. The fourth-order valence-electron chi connectivity index (χ4n) is 4.05. The number of carbonyl (C=O) groups is 2. The Kier molecular flexibility index (Phi) is 3.46. The van der Waals surface area contributed by atoms with E-state index >= 15 is 0 Å². The van der Waals surface area contributed by atoms with E-state index in [1.165, 1.54) is 0 Å². The van der Waals surface area contributed by atoms with E-state index in [1.807, 2.05) is 73.5 Å². The molecular formula is C22H19NO2. The first kappa shape index (κ1) is 15.6. The summed E-state index contributed by atoms with van der Waals surface area (Å²) in [4.78, 5) is 27.7. The molecule has 1 heterocycles. The largest absolute Gasteiger partial charge is 0.347 e. The Morgan fingerprint density at radius 3 is 2.20 bits per heavy atom. The number of carbonyl (C=O) groups excluding carboxylic acids is 2. The second-order valence-electron chi connectivity index (χ2n) is 6.59. The highest BCUT2D eigenvalue weighted by Gasteiger charge is 2.43. The van der Waals surface area contributed by atoms with E-state index in [0.29, 0.717) is 11.1 Å². The Morgan fingerprint density at radius 1 is 0.960 bits per heavy atom. The molecule has 0 aromatic heterocycles. The summed E-state index contributed by atoms with van der Waals surface area (Å²) in [5.74, 6) is -0.282. The summed E-state index contributed by atoms with van der Waals surface area (Å²) in [6.45, 7) is 3.54. The molecule has 124 valence electrons. The summed E-state index contributed by atoms with van der Waals surface area (Å²) in [7, 11) is 1.93. The minimum Gasteiger partial charge on any atom is -0.347 e. The Hall–Kier alpha value is -2.94. The van der Waals surface area contributed by atoms with Gasteiger partial charge in [-0.05, 0) is 19.4 Å². The Balaban J connectivity index is 2.03. The fourth-order valence-corrected chi connectivity index (χ4v) is 4.05. The third-order valence-corrected chi connectivity index (χ3v) is 5.24. The smallest absolute Gasteiger partial charge is 0.192 e. The van der Waals surface area contributed by atoms with Crippen LogP contribution in [-0.2, 0) is 4.79 Å². The van der Waals surface area contributed by atoms with Crippen LogP contribution in [0.4, 0.5) is 0 Å². The van der Waals surface area contributed by atoms with Crippen LogP contribution < -0.4 is 0 Å². The summed E-state index contributed by atoms with van der Waals surface area (Å²) in [6.07, 6.45) is 0. The summed E-state index contributed by atoms with van der Waals surface area (Å²) >= 11 is 0. The van der Waals surface area contributed by atoms with Crippen LogP contribution in [0.1, 0.15) is 41.3 Å². The molecule has 25 heavy (non-hydrogen) atoms. The Bertz CT molecular complexity index is 967. The number of ketones is 2. The highest BCUT2D eigenvalue weighted by atomic mass is 16.1. The maximum absolute atomic E-state index is 13.2. The molecule has 0 unspecified atom stereocenters. The molecule has 2 aromatic rings. The number of hydrogen-bond donors (Lipinski definition) is 0. The van der Waals surface area contributed by atoms with E-state index in [-0.39, 0.29) is 17.5 Å². The zero-order chi connectivity index (χ0) is 17.7. The molecule has 0 N–H and O–H groups in total. The van der Waals surface area contributed by atoms with Crippen LogP contribution in [0, 0.1) is 0 Å². The zero-order valence-corrected chi connectivity index (χ0v) is 14.5. The van der Waals surface area contributed by atoms with Gasteiger partial charge in [0.25, 0.3) is 0 Å². The van der Waals surface area contributed by atoms with E-state index in [4.69, 9.17) is 0 Å². The SMILES string of the molecule is CC(=O)C1=C(C)N(C)C2=C(C(=O)c3ccccc32)[C@H]1c1ccccc1. The Labute approximate surface area is 147 Å². The quantitative estimate of drug-likeness (QED) is 0.829. The number of rotatable bonds is 2. The lowest BCUT2D eigenvalue weighted by Gasteiger charge is -2.35. The maximum Gasteiger partial charge on any atom is 0.192 e. The lowest BCUT2D eigenvalue weighted by molar-refractivity contribution is -0.113. The molecule has 0 spiro atoms. The molecule has 1 aliphatic heterocycles. The molecule has 2 aromatic carbocycles. The highest BCUT2D eigenvalue weighted by molar-refractivity contribution is 6.23. The van der Waals surface area contributed by atoms with Gasteiger partial charge in [0, 0.05) is 40.9 Å². The number of nitrogens with zero attached hydrogens (tertiary/aromatic N) is 1. The summed E-state index contributed by atoms with van der Waals surface area (Å²) in [5.41, 5.74) is 5.90. The number of hydrogen-bond acceptors (Lipinski definition) is 3. The van der Waals surface area contributed by atoms with E-state index in [0.717, 1.165) is 28.1 Å². The van der Waals surface area contributed by atoms with Gasteiger partial charge < -0.3 is 4.90 Å². The number of fused-ring (bicyclic) bond motifs is 2. The first-order chi connectivity index (χ1) is 12.0. The first-order valence-electron chi connectivity index (χ1n) is 8.41. The molecule has 1 atom stereocenters. The molecule has 0 bridgehead atoms. The van der Waals surface area contributed by atoms with Crippen molar-refractivity contribution in [3.8, 4) is 0 Å². The van der Waals surface area contributed by atoms with Gasteiger partial charge in [0.15, 0.2) is 11.6 Å². The van der Waals surface area contributed by atoms with Crippen LogP contribution >= 0.6 is 0 Å². The lowest BCUT2D eigenvalue weighted by Crippen LogP contribution is -2.29. The van der Waals surface area contributed by atoms with Gasteiger partial charge in [-0.3, -0.25) is 9.59 Å². The molecule has 0 fully saturated rings. The van der Waals surface area contributed by atoms with Crippen LogP contribution in [0.3, 0.4) is 0 Å². The van der Waals surface area contributed by atoms with E-state index in [2.05, 4.69) is 0 Å². The molecule has 4 rings (SSSR count). The van der Waals surface area contributed by atoms with Gasteiger partial charge in [0.2, 0.25) is 0 Å². The van der Waals surface area contributed by atoms with Crippen LogP contribution in [-0.4, -0.2) is 23.5 Å². The van der Waals surface area contributed by atoms with Gasteiger partial charge in [-0.25, -0.2) is 0 Å². The predicted molar refractivity (Wildman–Crippen MR) is 98.0 cm³/mol. The monoisotopic (exact) mass is 329 g/mol. The van der Waals surface area contributed by atoms with Gasteiger partial charge >= 0.3 is 0 Å². The third-order valence-electron chi connectivity index (χ3n) is 5.24. The Morgan fingerprint density at radius 2 is 1.56 bits per heavy atom. The van der Waals surface area contributed by atoms with Crippen LogP contribution in [0.15, 0.2) is 71.4 Å². The van der Waals surface area contributed by atoms with Gasteiger partial charge in [-0.15, -0.1) is 0 Å². The molecule has 3 heteroatoms. The van der Waals surface area contributed by atoms with Crippen molar-refractivity contribution in [2.24, 2.45) is 0 Å². The first-order valence-corrected chi connectivity index (χ1v) is 8.41. The minimum absolute atomic E-state index is 0.00788. The van der Waals surface area contributed by atoms with Gasteiger partial charge in [0.05, 0.1) is 5.70 Å². The van der Waals surface area contributed by atoms with E-state index in [1.54, 1.807) is 6.92 Å². The van der Waals surface area contributed by atoms with Gasteiger partial charge in [-0.2, -0.15) is 0 Å². The number of benzene rings is 2. The van der Waals surface area contributed by atoms with Crippen LogP contribution in [0.5, 0.6) is 0 Å². The molecular weight excluding hydrogens is 310 g/mol. The fraction of sp³-hybridized carbons (Fsp3) is 0.182. The lowest BCUT2D eigenvalue weighted by atomic mass is 9.78. The van der Waals surface area contributed by atoms with Crippen molar-refractivity contribution >= 4 is 17.3 Å². The average Bonchev–Trinajstić information content (AvgIpc) is 2.92. The topological polar surface area (TPSA) is 37.4 Å². The third kappa shape index (κ3) is 2.12. The van der Waals surface area contributed by atoms with E-state index < -0.39 is 0 Å². The normalized spacial score (nSPS) is 19.2. The van der Waals surface area contributed by atoms with Crippen molar-refractivity contribution in [1.82, 2.24) is 4.90 Å². The molecule has 0 amide bonds. The zero-order valence-electron chi connectivity index (χ0n) is 14.5. The summed E-state index contributed by atoms with van der Waals surface area (Å²) in [5, 5.41) is 0. The highest BCUT2D eigenvalue weighted by Crippen LogP contribution is 2.49. The second-order valence-corrected chi connectivity index (χ2v) is 6.59. The van der Waals surface area contributed by atoms with Crippen LogP contribution in [0.2, 0.25) is 0 Å². The summed E-state index contributed by atoms with van der Waals surface area (Å²) in [6, 6.07) is 17.5. The molecule has 2 aliphatic rings. The summed E-state index contributed by atoms with van der Waals surface area (Å²) < 4.78 is 0. The van der Waals surface area contributed by atoms with Crippen molar-refractivity contribution in [2.75, 3.05) is 7.05 Å². The standard InChI is InChI=1S/C22H19NO2/c1-13-18(14(2)24)19(15-9-5-4-6-10-15)20-21(23(13)3)16-11-7-8-12-17(16)22(20)25/h4-12,19H,1-3H3/t19-/m0/s1. The molecule has 0 saturated heterocycles. The minimum atomic E-state index is -0.315. The predicted octanol–water partition coefficient (Wildman–Crippen LogP) is 4.19. The van der Waals surface area contributed by atoms with Crippen molar-refractivity contribution < 1.29 is 9.59 Å². The molecule has 0 saturated carbocycles. The number of Topliss-reactive ketones (excluding diaryl/α,β-unsaturated/α-hetero) is 2. The molecule has 1 aliphatic carbocycles. The van der Waals surface area contributed by atoms with Gasteiger partial charge in [0.1, 0.15) is 0 Å². The second kappa shape index (κ2) is 5.55. The van der Waals surface area contributed by atoms with Crippen LogP contribution in [0.25, 0.3) is 5.70 Å². The van der Waals surface area contributed by atoms with Gasteiger partial charge in [-0.1, -0.05) is 54.6 Å². The van der Waals surface area contributed by atoms with Crippen molar-refractivity contribution in [3.05, 3.63) is 88.1 Å². The molecule has 0 radical (unpaired) electrons. The maximum atomic E-state index is 13.2.